The molecule has 1 N–H and O–H groups in total. The summed E-state index contributed by atoms with van der Waals surface area (Å²) in [6, 6.07) is 3.19. The van der Waals surface area contributed by atoms with Crippen molar-refractivity contribution in [2.45, 2.75) is 39.0 Å². The Bertz CT molecular complexity index is 858. The number of hydrogen-bond acceptors (Lipinski definition) is 6. The number of aromatic hydroxyl groups is 1. The number of halogens is 1. The first kappa shape index (κ1) is 19.4. The van der Waals surface area contributed by atoms with Crippen molar-refractivity contribution in [3.05, 3.63) is 34.0 Å². The highest BCUT2D eigenvalue weighted by Gasteiger charge is 2.43. The third-order valence-electron chi connectivity index (χ3n) is 5.00. The maximum absolute atomic E-state index is 12.8. The van der Waals surface area contributed by atoms with Crippen LogP contribution >= 0.6 is 11.6 Å². The lowest BCUT2D eigenvalue weighted by Crippen LogP contribution is -2.37. The maximum atomic E-state index is 12.8. The largest absolute Gasteiger partial charge is 0.503 e. The Morgan fingerprint density at radius 1 is 1.37 bits per heavy atom. The number of aliphatic imine (C=N–C) groups is 1. The van der Waals surface area contributed by atoms with Crippen LogP contribution in [0.1, 0.15) is 44.6 Å². The predicted molar refractivity (Wildman–Crippen MR) is 102 cm³/mol. The van der Waals surface area contributed by atoms with Crippen LogP contribution in [0.3, 0.4) is 0 Å². The molecule has 1 aliphatic carbocycles. The molecule has 2 aliphatic rings. The summed E-state index contributed by atoms with van der Waals surface area (Å²) in [4.78, 5) is 30.0. The molecule has 1 aliphatic heterocycles. The van der Waals surface area contributed by atoms with Crippen molar-refractivity contribution < 1.29 is 24.2 Å². The van der Waals surface area contributed by atoms with Crippen LogP contribution in [0.2, 0.25) is 5.02 Å². The third-order valence-corrected chi connectivity index (χ3v) is 5.29. The maximum Gasteiger partial charge on any atom is 0.315 e. The number of allylic oxidation sites excluding steroid dienone is 2. The SMILES string of the molecule is CCOC(=O)C1C(C)=NC2=C(C(=O)CCC2)[C@@H]1c1cc(Cl)c(O)c(OC)c1. The second-order valence-corrected chi connectivity index (χ2v) is 7.06. The van der Waals surface area contributed by atoms with Gasteiger partial charge in [-0.2, -0.15) is 0 Å². The van der Waals surface area contributed by atoms with Crippen molar-refractivity contribution in [3.63, 3.8) is 0 Å². The summed E-state index contributed by atoms with van der Waals surface area (Å²) in [6.45, 7) is 3.74. The quantitative estimate of drug-likeness (QED) is 0.789. The highest BCUT2D eigenvalue weighted by molar-refractivity contribution is 6.32. The van der Waals surface area contributed by atoms with Crippen LogP contribution in [0.5, 0.6) is 11.5 Å². The number of esters is 1. The van der Waals surface area contributed by atoms with E-state index in [1.807, 2.05) is 0 Å². The van der Waals surface area contributed by atoms with E-state index in [1.165, 1.54) is 7.11 Å². The number of benzene rings is 1. The molecule has 2 atom stereocenters. The number of hydrogen-bond donors (Lipinski definition) is 1. The Kier molecular flexibility index (Phi) is 5.56. The number of ether oxygens (including phenoxy) is 2. The highest BCUT2D eigenvalue weighted by Crippen LogP contribution is 2.46. The van der Waals surface area contributed by atoms with Gasteiger partial charge in [0.2, 0.25) is 0 Å². The van der Waals surface area contributed by atoms with E-state index in [9.17, 15) is 14.7 Å². The number of phenolic OH excluding ortho intramolecular Hbond substituents is 1. The zero-order chi connectivity index (χ0) is 19.7. The fraction of sp³-hybridized carbons (Fsp3) is 0.450. The normalized spacial score (nSPS) is 22.2. The zero-order valence-corrected chi connectivity index (χ0v) is 16.3. The van der Waals surface area contributed by atoms with Gasteiger partial charge in [0.15, 0.2) is 17.3 Å². The van der Waals surface area contributed by atoms with Crippen molar-refractivity contribution in [1.82, 2.24) is 0 Å². The smallest absolute Gasteiger partial charge is 0.315 e. The number of rotatable bonds is 4. The molecule has 27 heavy (non-hydrogen) atoms. The second kappa shape index (κ2) is 7.72. The standard InChI is InChI=1S/C20H22ClNO5/c1-4-27-20(25)16-10(2)22-13-6-5-7-14(23)18(13)17(16)11-8-12(21)19(24)15(9-11)26-3/h8-9,16-17,24H,4-7H2,1-3H3/t16?,17-/m1/s1. The Morgan fingerprint density at radius 3 is 2.78 bits per heavy atom. The first-order chi connectivity index (χ1) is 12.9. The van der Waals surface area contributed by atoms with E-state index >= 15 is 0 Å². The zero-order valence-electron chi connectivity index (χ0n) is 15.5. The third kappa shape index (κ3) is 3.46. The summed E-state index contributed by atoms with van der Waals surface area (Å²) in [5, 5.41) is 10.2. The summed E-state index contributed by atoms with van der Waals surface area (Å²) in [6.07, 6.45) is 1.85. The highest BCUT2D eigenvalue weighted by atomic mass is 35.5. The van der Waals surface area contributed by atoms with Gasteiger partial charge in [0.05, 0.1) is 18.7 Å². The minimum atomic E-state index is -0.726. The fourth-order valence-electron chi connectivity index (χ4n) is 3.83. The van der Waals surface area contributed by atoms with Gasteiger partial charge in [-0.3, -0.25) is 14.6 Å². The van der Waals surface area contributed by atoms with Crippen LogP contribution in [-0.4, -0.2) is 36.3 Å². The van der Waals surface area contributed by atoms with Crippen LogP contribution in [0, 0.1) is 5.92 Å². The average Bonchev–Trinajstić information content (AvgIpc) is 2.63. The molecule has 1 unspecified atom stereocenters. The molecular weight excluding hydrogens is 370 g/mol. The average molecular weight is 392 g/mol. The van der Waals surface area contributed by atoms with Crippen LogP contribution in [0.15, 0.2) is 28.4 Å². The molecule has 3 rings (SSSR count). The second-order valence-electron chi connectivity index (χ2n) is 6.65. The van der Waals surface area contributed by atoms with Crippen molar-refractivity contribution in [2.24, 2.45) is 10.9 Å². The molecule has 1 aromatic rings. The predicted octanol–water partition coefficient (Wildman–Crippen LogP) is 3.80. The van der Waals surface area contributed by atoms with Gasteiger partial charge in [-0.25, -0.2) is 0 Å². The molecule has 0 fully saturated rings. The number of phenols is 1. The van der Waals surface area contributed by atoms with Crippen LogP contribution in [0.4, 0.5) is 0 Å². The summed E-state index contributed by atoms with van der Waals surface area (Å²) < 4.78 is 10.5. The molecule has 0 aromatic heterocycles. The minimum Gasteiger partial charge on any atom is -0.503 e. The van der Waals surface area contributed by atoms with Crippen LogP contribution in [-0.2, 0) is 14.3 Å². The number of carbonyl (C=O) groups excluding carboxylic acids is 2. The summed E-state index contributed by atoms with van der Waals surface area (Å²) in [7, 11) is 1.42. The van der Waals surface area contributed by atoms with Crippen molar-refractivity contribution in [1.29, 1.82) is 0 Å². The first-order valence-electron chi connectivity index (χ1n) is 8.93. The summed E-state index contributed by atoms with van der Waals surface area (Å²) in [5.41, 5.74) is 2.48. The molecule has 0 radical (unpaired) electrons. The molecule has 0 saturated carbocycles. The lowest BCUT2D eigenvalue weighted by atomic mass is 9.71. The van der Waals surface area contributed by atoms with Crippen molar-refractivity contribution in [3.8, 4) is 11.5 Å². The molecule has 144 valence electrons. The Hall–Kier alpha value is -2.34. The van der Waals surface area contributed by atoms with Gasteiger partial charge in [0, 0.05) is 29.3 Å². The Labute approximate surface area is 162 Å². The van der Waals surface area contributed by atoms with E-state index in [-0.39, 0.29) is 28.9 Å². The lowest BCUT2D eigenvalue weighted by Gasteiger charge is -2.34. The molecule has 6 nitrogen and oxygen atoms in total. The van der Waals surface area contributed by atoms with Gasteiger partial charge in [-0.15, -0.1) is 0 Å². The van der Waals surface area contributed by atoms with E-state index < -0.39 is 17.8 Å². The lowest BCUT2D eigenvalue weighted by molar-refractivity contribution is -0.146. The molecule has 1 heterocycles. The van der Waals surface area contributed by atoms with E-state index in [0.717, 1.165) is 12.1 Å². The molecule has 0 spiro atoms. The van der Waals surface area contributed by atoms with Crippen molar-refractivity contribution in [2.75, 3.05) is 13.7 Å². The number of ketones is 1. The Balaban J connectivity index is 2.21. The Morgan fingerprint density at radius 2 is 2.11 bits per heavy atom. The van der Waals surface area contributed by atoms with Gasteiger partial charge >= 0.3 is 5.97 Å². The molecule has 1 aromatic carbocycles. The number of methoxy groups -OCH3 is 1. The number of carbonyl (C=O) groups is 2. The van der Waals surface area contributed by atoms with Gasteiger partial charge < -0.3 is 14.6 Å². The monoisotopic (exact) mass is 391 g/mol. The van der Waals surface area contributed by atoms with Gasteiger partial charge in [0.25, 0.3) is 0 Å². The van der Waals surface area contributed by atoms with Gasteiger partial charge in [0.1, 0.15) is 5.92 Å². The molecule has 0 saturated heterocycles. The number of Topliss-reactive ketones (excluding diaryl/α,β-unsaturated/α-hetero) is 1. The first-order valence-corrected chi connectivity index (χ1v) is 9.31. The van der Waals surface area contributed by atoms with Crippen LogP contribution in [0.25, 0.3) is 0 Å². The topological polar surface area (TPSA) is 85.2 Å². The molecular formula is C20H22ClNO5. The van der Waals surface area contributed by atoms with Gasteiger partial charge in [-0.05, 0) is 44.4 Å². The van der Waals surface area contributed by atoms with E-state index in [1.54, 1.807) is 26.0 Å². The number of nitrogens with zero attached hydrogens (tertiary/aromatic N) is 1. The molecule has 7 heteroatoms. The molecule has 0 bridgehead atoms. The molecule has 0 amide bonds. The summed E-state index contributed by atoms with van der Waals surface area (Å²) >= 11 is 6.18. The van der Waals surface area contributed by atoms with E-state index in [4.69, 9.17) is 21.1 Å². The van der Waals surface area contributed by atoms with E-state index in [0.29, 0.717) is 29.7 Å². The summed E-state index contributed by atoms with van der Waals surface area (Å²) in [5.74, 6) is -1.74. The van der Waals surface area contributed by atoms with Crippen LogP contribution < -0.4 is 4.74 Å². The van der Waals surface area contributed by atoms with Gasteiger partial charge in [-0.1, -0.05) is 11.6 Å². The van der Waals surface area contributed by atoms with E-state index in [2.05, 4.69) is 4.99 Å². The fourth-order valence-corrected chi connectivity index (χ4v) is 4.05. The minimum absolute atomic E-state index is 0.0186. The van der Waals surface area contributed by atoms with Crippen molar-refractivity contribution >= 4 is 29.1 Å².